The summed E-state index contributed by atoms with van der Waals surface area (Å²) < 4.78 is 46.5. The van der Waals surface area contributed by atoms with Crippen LogP contribution in [0.15, 0.2) is 71.4 Å². The molecule has 2 heterocycles. The first kappa shape index (κ1) is 23.1. The maximum atomic E-state index is 13.6. The number of carbonyl (C=O) groups is 1. The van der Waals surface area contributed by atoms with E-state index < -0.39 is 16.1 Å². The minimum Gasteiger partial charge on any atom is -0.283 e. The zero-order chi connectivity index (χ0) is 23.4. The molecule has 2 aromatic carbocycles. The maximum absolute atomic E-state index is 13.6. The van der Waals surface area contributed by atoms with Gasteiger partial charge < -0.3 is 0 Å². The summed E-state index contributed by atoms with van der Waals surface area (Å²) in [5.74, 6) is -0.671. The third-order valence-corrected chi connectivity index (χ3v) is 6.83. The Bertz CT molecular complexity index is 1350. The molecule has 0 spiro atoms. The van der Waals surface area contributed by atoms with Crippen molar-refractivity contribution in [1.29, 1.82) is 0 Å². The monoisotopic (exact) mass is 503 g/mol. The Morgan fingerprint density at radius 2 is 1.85 bits per heavy atom. The van der Waals surface area contributed by atoms with Crippen molar-refractivity contribution in [2.75, 3.05) is 9.62 Å². The van der Waals surface area contributed by atoms with Gasteiger partial charge in [-0.1, -0.05) is 30.3 Å². The van der Waals surface area contributed by atoms with Crippen LogP contribution < -0.4 is 9.62 Å². The van der Waals surface area contributed by atoms with Crippen LogP contribution in [-0.2, 0) is 28.1 Å². The van der Waals surface area contributed by atoms with E-state index in [2.05, 4.69) is 4.98 Å². The topological polar surface area (TPSA) is 99.6 Å². The number of amides is 1. The van der Waals surface area contributed by atoms with Gasteiger partial charge in [0.05, 0.1) is 29.2 Å². The molecule has 1 amide bonds. The van der Waals surface area contributed by atoms with Crippen molar-refractivity contribution in [2.45, 2.75) is 13.0 Å². The molecule has 170 valence electrons. The molecule has 2 aromatic heterocycles. The van der Waals surface area contributed by atoms with Gasteiger partial charge in [-0.05, 0) is 46.8 Å². The lowest BCUT2D eigenvalue weighted by Crippen LogP contribution is -2.31. The van der Waals surface area contributed by atoms with Crippen LogP contribution in [-0.4, -0.2) is 23.9 Å². The Morgan fingerprint density at radius 1 is 1.06 bits per heavy atom. The quantitative estimate of drug-likeness (QED) is 0.330. The van der Waals surface area contributed by atoms with Crippen molar-refractivity contribution in [3.05, 3.63) is 88.4 Å². The molecular formula is C22H18FN3O4S3. The van der Waals surface area contributed by atoms with Crippen molar-refractivity contribution < 1.29 is 22.2 Å². The molecule has 0 aliphatic rings. The molecule has 0 aliphatic heterocycles. The number of halogens is 1. The summed E-state index contributed by atoms with van der Waals surface area (Å²) in [7, 11) is -4.38. The first-order valence-electron chi connectivity index (χ1n) is 9.65. The van der Waals surface area contributed by atoms with E-state index in [4.69, 9.17) is 4.55 Å². The van der Waals surface area contributed by atoms with Gasteiger partial charge in [0.15, 0.2) is 5.13 Å². The lowest BCUT2D eigenvalue weighted by Gasteiger charge is -2.20. The summed E-state index contributed by atoms with van der Waals surface area (Å²) in [6, 6.07) is 16.0. The molecule has 0 aliphatic carbocycles. The fraction of sp³-hybridized carbons (Fsp3) is 0.0909. The highest BCUT2D eigenvalue weighted by molar-refractivity contribution is 7.87. The second kappa shape index (κ2) is 9.79. The smallest absolute Gasteiger partial charge is 0.283 e. The van der Waals surface area contributed by atoms with E-state index in [0.717, 1.165) is 16.1 Å². The van der Waals surface area contributed by atoms with E-state index >= 15 is 0 Å². The van der Waals surface area contributed by atoms with E-state index in [-0.39, 0.29) is 24.6 Å². The third kappa shape index (κ3) is 6.23. The van der Waals surface area contributed by atoms with Gasteiger partial charge in [0.1, 0.15) is 5.82 Å². The Balaban J connectivity index is 1.60. The van der Waals surface area contributed by atoms with Crippen LogP contribution in [0.1, 0.15) is 11.1 Å². The van der Waals surface area contributed by atoms with Crippen molar-refractivity contribution >= 4 is 49.7 Å². The van der Waals surface area contributed by atoms with Crippen LogP contribution in [0.3, 0.4) is 0 Å². The molecule has 4 aromatic rings. The van der Waals surface area contributed by atoms with Crippen LogP contribution in [0.5, 0.6) is 0 Å². The van der Waals surface area contributed by atoms with E-state index in [1.807, 2.05) is 27.6 Å². The number of thiazole rings is 1. The number of hydrogen-bond acceptors (Lipinski definition) is 6. The average molecular weight is 504 g/mol. The van der Waals surface area contributed by atoms with Gasteiger partial charge in [0.25, 0.3) is 0 Å². The predicted molar refractivity (Wildman–Crippen MR) is 128 cm³/mol. The van der Waals surface area contributed by atoms with Crippen molar-refractivity contribution in [1.82, 2.24) is 4.98 Å². The molecule has 4 rings (SSSR count). The molecule has 11 heteroatoms. The molecule has 7 nitrogen and oxygen atoms in total. The lowest BCUT2D eigenvalue weighted by atomic mass is 10.1. The Hall–Kier alpha value is -3.12. The van der Waals surface area contributed by atoms with E-state index in [9.17, 15) is 17.6 Å². The van der Waals surface area contributed by atoms with Gasteiger partial charge in [0, 0.05) is 5.38 Å². The summed E-state index contributed by atoms with van der Waals surface area (Å²) >= 11 is 2.88. The second-order valence-electron chi connectivity index (χ2n) is 7.05. The van der Waals surface area contributed by atoms with E-state index in [1.54, 1.807) is 35.6 Å². The molecule has 2 N–H and O–H groups in total. The molecule has 0 radical (unpaired) electrons. The Morgan fingerprint density at radius 3 is 2.52 bits per heavy atom. The predicted octanol–water partition coefficient (Wildman–Crippen LogP) is 5.00. The van der Waals surface area contributed by atoms with Gasteiger partial charge in [-0.3, -0.25) is 19.0 Å². The standard InChI is InChI=1S/C22H18FN3O4S3/c23-17-4-1-3-16(11-17)12-21(27)26(22-24-19(14-32-22)20-5-2-10-31-20)13-15-6-8-18(9-7-15)25-33(28,29)30/h1-11,14,25H,12-13H2,(H,28,29,30). The Kier molecular flexibility index (Phi) is 6.84. The number of thiophene rings is 1. The molecule has 0 saturated carbocycles. The summed E-state index contributed by atoms with van der Waals surface area (Å²) in [4.78, 5) is 20.4. The van der Waals surface area contributed by atoms with Crippen molar-refractivity contribution in [2.24, 2.45) is 0 Å². The molecular weight excluding hydrogens is 485 g/mol. The van der Waals surface area contributed by atoms with Gasteiger partial charge in [-0.2, -0.15) is 8.42 Å². The number of nitrogens with zero attached hydrogens (tertiary/aromatic N) is 2. The zero-order valence-electron chi connectivity index (χ0n) is 17.0. The highest BCUT2D eigenvalue weighted by Gasteiger charge is 2.21. The van der Waals surface area contributed by atoms with E-state index in [0.29, 0.717) is 10.7 Å². The van der Waals surface area contributed by atoms with Crippen molar-refractivity contribution in [3.8, 4) is 10.6 Å². The summed E-state index contributed by atoms with van der Waals surface area (Å²) in [6.07, 6.45) is -0.00588. The molecule has 0 saturated heterocycles. The SMILES string of the molecule is O=C(Cc1cccc(F)c1)N(Cc1ccc(NS(=O)(=O)O)cc1)c1nc(-c2cccs2)cs1. The molecule has 0 bridgehead atoms. The summed E-state index contributed by atoms with van der Waals surface area (Å²) in [6.45, 7) is 0.178. The first-order chi connectivity index (χ1) is 15.8. The Labute approximate surface area is 198 Å². The average Bonchev–Trinajstić information content (AvgIpc) is 3.44. The molecule has 0 unspecified atom stereocenters. The summed E-state index contributed by atoms with van der Waals surface area (Å²) in [5, 5.41) is 4.33. The van der Waals surface area contributed by atoms with Crippen LogP contribution in [0.2, 0.25) is 0 Å². The molecule has 0 atom stereocenters. The van der Waals surface area contributed by atoms with E-state index in [1.165, 1.54) is 40.5 Å². The van der Waals surface area contributed by atoms with Gasteiger partial charge in [-0.15, -0.1) is 22.7 Å². The number of nitrogens with one attached hydrogen (secondary N) is 1. The minimum atomic E-state index is -4.38. The number of anilines is 2. The number of rotatable bonds is 8. The summed E-state index contributed by atoms with van der Waals surface area (Å²) in [5.41, 5.74) is 2.22. The normalized spacial score (nSPS) is 11.3. The third-order valence-electron chi connectivity index (χ3n) is 4.58. The first-order valence-corrected chi connectivity index (χ1v) is 12.9. The number of carbonyl (C=O) groups excluding carboxylic acids is 1. The fourth-order valence-corrected chi connectivity index (χ4v) is 5.15. The van der Waals surface area contributed by atoms with Gasteiger partial charge >= 0.3 is 10.3 Å². The van der Waals surface area contributed by atoms with Gasteiger partial charge in [-0.25, -0.2) is 9.37 Å². The van der Waals surface area contributed by atoms with Gasteiger partial charge in [0.2, 0.25) is 5.91 Å². The minimum absolute atomic E-state index is 0.00588. The zero-order valence-corrected chi connectivity index (χ0v) is 19.5. The second-order valence-corrected chi connectivity index (χ2v) is 9.99. The molecule has 33 heavy (non-hydrogen) atoms. The maximum Gasteiger partial charge on any atom is 0.357 e. The molecule has 0 fully saturated rings. The van der Waals surface area contributed by atoms with Crippen molar-refractivity contribution in [3.63, 3.8) is 0 Å². The van der Waals surface area contributed by atoms with Crippen LogP contribution in [0.4, 0.5) is 15.2 Å². The number of benzene rings is 2. The van der Waals surface area contributed by atoms with Crippen LogP contribution >= 0.6 is 22.7 Å². The fourth-order valence-electron chi connectivity index (χ4n) is 3.11. The van der Waals surface area contributed by atoms with Crippen LogP contribution in [0, 0.1) is 5.82 Å². The highest BCUT2D eigenvalue weighted by atomic mass is 32.2. The van der Waals surface area contributed by atoms with Crippen LogP contribution in [0.25, 0.3) is 10.6 Å². The number of hydrogen-bond donors (Lipinski definition) is 2. The largest absolute Gasteiger partial charge is 0.357 e. The highest BCUT2D eigenvalue weighted by Crippen LogP contribution is 2.31. The lowest BCUT2D eigenvalue weighted by molar-refractivity contribution is -0.118. The number of aromatic nitrogens is 1.